The van der Waals surface area contributed by atoms with Gasteiger partial charge in [-0.2, -0.15) is 0 Å². The molecule has 0 spiro atoms. The Hall–Kier alpha value is -1.84. The fourth-order valence-corrected chi connectivity index (χ4v) is 2.64. The molecule has 0 aliphatic carbocycles. The Morgan fingerprint density at radius 2 is 1.42 bits per heavy atom. The molecule has 3 N–H and O–H groups in total. The molecule has 2 aromatic rings. The molecule has 2 rings (SSSR count). The normalized spacial score (nSPS) is 13.0. The Morgan fingerprint density at radius 1 is 0.958 bits per heavy atom. The van der Waals surface area contributed by atoms with Crippen molar-refractivity contribution < 1.29 is 4.79 Å². The third kappa shape index (κ3) is 5.66. The molecule has 0 aromatic heterocycles. The van der Waals surface area contributed by atoms with Crippen molar-refractivity contribution in [1.29, 1.82) is 0 Å². The van der Waals surface area contributed by atoms with Crippen molar-refractivity contribution >= 4 is 18.3 Å². The zero-order valence-electron chi connectivity index (χ0n) is 14.3. The Balaban J connectivity index is 0.00000288. The van der Waals surface area contributed by atoms with Gasteiger partial charge in [0, 0.05) is 24.4 Å². The first-order chi connectivity index (χ1) is 11.1. The van der Waals surface area contributed by atoms with Crippen molar-refractivity contribution in [3.05, 3.63) is 71.8 Å². The summed E-state index contributed by atoms with van der Waals surface area (Å²) >= 11 is 0. The number of rotatable bonds is 7. The van der Waals surface area contributed by atoms with Gasteiger partial charge in [0.15, 0.2) is 0 Å². The van der Waals surface area contributed by atoms with Gasteiger partial charge in [-0.25, -0.2) is 0 Å². The summed E-state index contributed by atoms with van der Waals surface area (Å²) in [6, 6.07) is 20.7. The molecule has 24 heavy (non-hydrogen) atoms. The van der Waals surface area contributed by atoms with E-state index in [0.717, 1.165) is 6.42 Å². The molecule has 0 aliphatic rings. The SMILES string of the molecule is CC(N)C(C)C(=O)NCCC(c1ccccc1)c1ccccc1.Cl. The van der Waals surface area contributed by atoms with Crippen LogP contribution >= 0.6 is 12.4 Å². The molecule has 4 heteroatoms. The third-order valence-corrected chi connectivity index (χ3v) is 4.34. The monoisotopic (exact) mass is 346 g/mol. The summed E-state index contributed by atoms with van der Waals surface area (Å²) in [4.78, 5) is 12.0. The number of carbonyl (C=O) groups is 1. The second-order valence-corrected chi connectivity index (χ2v) is 6.10. The van der Waals surface area contributed by atoms with Crippen LogP contribution in [0.1, 0.15) is 37.3 Å². The highest BCUT2D eigenvalue weighted by Gasteiger charge is 2.18. The lowest BCUT2D eigenvalue weighted by molar-refractivity contribution is -0.124. The van der Waals surface area contributed by atoms with Gasteiger partial charge in [0.05, 0.1) is 0 Å². The quantitative estimate of drug-likeness (QED) is 0.802. The summed E-state index contributed by atoms with van der Waals surface area (Å²) in [6.07, 6.45) is 0.867. The number of hydrogen-bond donors (Lipinski definition) is 2. The third-order valence-electron chi connectivity index (χ3n) is 4.34. The van der Waals surface area contributed by atoms with E-state index in [-0.39, 0.29) is 36.2 Å². The van der Waals surface area contributed by atoms with Gasteiger partial charge in [-0.1, -0.05) is 67.6 Å². The van der Waals surface area contributed by atoms with Gasteiger partial charge in [0.2, 0.25) is 5.91 Å². The van der Waals surface area contributed by atoms with Crippen LogP contribution < -0.4 is 11.1 Å². The molecule has 0 radical (unpaired) electrons. The van der Waals surface area contributed by atoms with Gasteiger partial charge in [0.1, 0.15) is 0 Å². The Bertz CT molecular complexity index is 562. The molecule has 3 nitrogen and oxygen atoms in total. The lowest BCUT2D eigenvalue weighted by Crippen LogP contribution is -2.39. The van der Waals surface area contributed by atoms with Crippen LogP contribution in [0.25, 0.3) is 0 Å². The van der Waals surface area contributed by atoms with Crippen molar-refractivity contribution in [3.8, 4) is 0 Å². The lowest BCUT2D eigenvalue weighted by atomic mass is 9.88. The molecule has 0 bridgehead atoms. The number of nitrogens with two attached hydrogens (primary N) is 1. The minimum Gasteiger partial charge on any atom is -0.356 e. The maximum atomic E-state index is 12.0. The molecule has 0 saturated heterocycles. The van der Waals surface area contributed by atoms with E-state index in [4.69, 9.17) is 5.73 Å². The van der Waals surface area contributed by atoms with E-state index in [1.807, 2.05) is 26.0 Å². The fourth-order valence-electron chi connectivity index (χ4n) is 2.64. The summed E-state index contributed by atoms with van der Waals surface area (Å²) in [5.74, 6) is 0.144. The van der Waals surface area contributed by atoms with Crippen molar-refractivity contribution in [1.82, 2.24) is 5.32 Å². The summed E-state index contributed by atoms with van der Waals surface area (Å²) in [6.45, 7) is 4.37. The van der Waals surface area contributed by atoms with Crippen LogP contribution in [0.3, 0.4) is 0 Å². The van der Waals surface area contributed by atoms with Crippen LogP contribution in [0, 0.1) is 5.92 Å². The molecule has 1 amide bonds. The number of amides is 1. The van der Waals surface area contributed by atoms with Gasteiger partial charge in [-0.05, 0) is 24.5 Å². The first-order valence-corrected chi connectivity index (χ1v) is 8.22. The summed E-state index contributed by atoms with van der Waals surface area (Å²) in [7, 11) is 0. The molecule has 0 aliphatic heterocycles. The number of carbonyl (C=O) groups excluding carboxylic acids is 1. The molecule has 0 saturated carbocycles. The van der Waals surface area contributed by atoms with Crippen molar-refractivity contribution in [3.63, 3.8) is 0 Å². The van der Waals surface area contributed by atoms with Crippen LogP contribution in [-0.4, -0.2) is 18.5 Å². The van der Waals surface area contributed by atoms with Crippen LogP contribution in [0.2, 0.25) is 0 Å². The predicted molar refractivity (Wildman–Crippen MR) is 102 cm³/mol. The van der Waals surface area contributed by atoms with Crippen LogP contribution in [-0.2, 0) is 4.79 Å². The molecule has 130 valence electrons. The molecule has 2 aromatic carbocycles. The Morgan fingerprint density at radius 3 is 1.83 bits per heavy atom. The molecule has 0 fully saturated rings. The molecule has 2 unspecified atom stereocenters. The highest BCUT2D eigenvalue weighted by atomic mass is 35.5. The number of hydrogen-bond acceptors (Lipinski definition) is 2. The van der Waals surface area contributed by atoms with Gasteiger partial charge < -0.3 is 11.1 Å². The minimum absolute atomic E-state index is 0. The maximum Gasteiger partial charge on any atom is 0.224 e. The number of halogens is 1. The Kier molecular flexibility index (Phi) is 8.51. The highest BCUT2D eigenvalue weighted by Crippen LogP contribution is 2.27. The molecular formula is C20H27ClN2O. The second kappa shape index (κ2) is 10.1. The second-order valence-electron chi connectivity index (χ2n) is 6.10. The zero-order valence-corrected chi connectivity index (χ0v) is 15.1. The molecule has 2 atom stereocenters. The molecule has 0 heterocycles. The smallest absolute Gasteiger partial charge is 0.224 e. The standard InChI is InChI=1S/C20H26N2O.ClH/c1-15(16(2)21)20(23)22-14-13-19(17-9-5-3-6-10-17)18-11-7-4-8-12-18;/h3-12,15-16,19H,13-14,21H2,1-2H3,(H,22,23);1H. The van der Waals surface area contributed by atoms with Crippen molar-refractivity contribution in [2.75, 3.05) is 6.54 Å². The summed E-state index contributed by atoms with van der Waals surface area (Å²) in [5, 5.41) is 3.01. The van der Waals surface area contributed by atoms with Gasteiger partial charge in [0.25, 0.3) is 0 Å². The van der Waals surface area contributed by atoms with E-state index >= 15 is 0 Å². The maximum absolute atomic E-state index is 12.0. The van der Waals surface area contributed by atoms with Crippen LogP contribution in [0.15, 0.2) is 60.7 Å². The van der Waals surface area contributed by atoms with Crippen LogP contribution in [0.5, 0.6) is 0 Å². The topological polar surface area (TPSA) is 55.1 Å². The number of benzene rings is 2. The van der Waals surface area contributed by atoms with Crippen LogP contribution in [0.4, 0.5) is 0 Å². The van der Waals surface area contributed by atoms with Gasteiger partial charge >= 0.3 is 0 Å². The van der Waals surface area contributed by atoms with E-state index in [1.54, 1.807) is 0 Å². The number of nitrogens with one attached hydrogen (secondary N) is 1. The summed E-state index contributed by atoms with van der Waals surface area (Å²) in [5.41, 5.74) is 8.33. The average Bonchev–Trinajstić information content (AvgIpc) is 2.59. The van der Waals surface area contributed by atoms with E-state index in [9.17, 15) is 4.79 Å². The minimum atomic E-state index is -0.165. The Labute approximate surface area is 151 Å². The zero-order chi connectivity index (χ0) is 16.7. The van der Waals surface area contributed by atoms with E-state index in [1.165, 1.54) is 11.1 Å². The largest absolute Gasteiger partial charge is 0.356 e. The average molecular weight is 347 g/mol. The first-order valence-electron chi connectivity index (χ1n) is 8.22. The first kappa shape index (κ1) is 20.2. The van der Waals surface area contributed by atoms with Gasteiger partial charge in [-0.15, -0.1) is 12.4 Å². The lowest BCUT2D eigenvalue weighted by Gasteiger charge is -2.20. The summed E-state index contributed by atoms with van der Waals surface area (Å²) < 4.78 is 0. The van der Waals surface area contributed by atoms with E-state index < -0.39 is 0 Å². The fraction of sp³-hybridized carbons (Fsp3) is 0.350. The van der Waals surface area contributed by atoms with Gasteiger partial charge in [-0.3, -0.25) is 4.79 Å². The van der Waals surface area contributed by atoms with Crippen molar-refractivity contribution in [2.24, 2.45) is 11.7 Å². The highest BCUT2D eigenvalue weighted by molar-refractivity contribution is 5.85. The van der Waals surface area contributed by atoms with E-state index in [2.05, 4.69) is 53.8 Å². The predicted octanol–water partition coefficient (Wildman–Crippen LogP) is 3.73. The van der Waals surface area contributed by atoms with E-state index in [0.29, 0.717) is 6.54 Å². The molecular weight excluding hydrogens is 320 g/mol. The van der Waals surface area contributed by atoms with Crippen molar-refractivity contribution in [2.45, 2.75) is 32.2 Å².